The molecule has 3 aromatic heterocycles. The van der Waals surface area contributed by atoms with Crippen molar-refractivity contribution in [3.05, 3.63) is 201 Å². The molecule has 0 spiro atoms. The number of rotatable bonds is 5. The molecule has 0 N–H and O–H groups in total. The number of hydrogen-bond acceptors (Lipinski definition) is 3. The van der Waals surface area contributed by atoms with Crippen molar-refractivity contribution in [2.45, 2.75) is 0 Å². The normalized spacial score (nSPS) is 11.6. The van der Waals surface area contributed by atoms with E-state index in [0.29, 0.717) is 0 Å². The van der Waals surface area contributed by atoms with Crippen molar-refractivity contribution in [3.8, 4) is 55.8 Å². The zero-order chi connectivity index (χ0) is 37.0. The molecule has 56 heavy (non-hydrogen) atoms. The SMILES string of the molecule is c1ccc(-c2nc3cc(-c4c5ccccc5c(-c5cc(-c6cccnc6)cc(-c6cccnc6)c5)c5ccccc45)ccc3c3c2ccc2ccccc23)cc1. The Morgan fingerprint density at radius 2 is 0.821 bits per heavy atom. The van der Waals surface area contributed by atoms with Gasteiger partial charge in [0.25, 0.3) is 0 Å². The number of nitrogens with zero attached hydrogens (tertiary/aromatic N) is 3. The monoisotopic (exact) mass is 711 g/mol. The van der Waals surface area contributed by atoms with Crippen LogP contribution in [0.5, 0.6) is 0 Å². The largest absolute Gasteiger partial charge is 0.264 e. The van der Waals surface area contributed by atoms with Crippen LogP contribution in [0.25, 0.3) is 110 Å². The van der Waals surface area contributed by atoms with E-state index in [-0.39, 0.29) is 0 Å². The zero-order valence-corrected chi connectivity index (χ0v) is 30.4. The van der Waals surface area contributed by atoms with Gasteiger partial charge in [0, 0.05) is 57.6 Å². The van der Waals surface area contributed by atoms with E-state index in [1.54, 1.807) is 0 Å². The summed E-state index contributed by atoms with van der Waals surface area (Å²) in [5, 5.41) is 10.8. The first-order chi connectivity index (χ1) is 27.8. The number of fused-ring (bicyclic) bond motifs is 7. The van der Waals surface area contributed by atoms with Crippen LogP contribution < -0.4 is 0 Å². The average molecular weight is 712 g/mol. The summed E-state index contributed by atoms with van der Waals surface area (Å²) in [6.45, 7) is 0. The van der Waals surface area contributed by atoms with Crippen LogP contribution in [0.4, 0.5) is 0 Å². The minimum absolute atomic E-state index is 0.979. The van der Waals surface area contributed by atoms with Gasteiger partial charge in [0.2, 0.25) is 0 Å². The second-order valence-corrected chi connectivity index (χ2v) is 14.4. The van der Waals surface area contributed by atoms with Crippen molar-refractivity contribution in [2.75, 3.05) is 0 Å². The number of aromatic nitrogens is 3. The Kier molecular flexibility index (Phi) is 7.49. The van der Waals surface area contributed by atoms with Gasteiger partial charge in [-0.15, -0.1) is 0 Å². The molecule has 11 aromatic rings. The van der Waals surface area contributed by atoms with Crippen molar-refractivity contribution in [1.29, 1.82) is 0 Å². The molecule has 3 heterocycles. The molecular formula is C53H33N3. The molecule has 0 amide bonds. The third-order valence-corrected chi connectivity index (χ3v) is 11.2. The molecule has 0 unspecified atom stereocenters. The summed E-state index contributed by atoms with van der Waals surface area (Å²) < 4.78 is 0. The van der Waals surface area contributed by atoms with Crippen LogP contribution in [-0.4, -0.2) is 15.0 Å². The highest BCUT2D eigenvalue weighted by Crippen LogP contribution is 2.46. The first kappa shape index (κ1) is 32.0. The van der Waals surface area contributed by atoms with Gasteiger partial charge in [-0.05, 0) is 102 Å². The van der Waals surface area contributed by atoms with E-state index in [2.05, 4.69) is 174 Å². The molecule has 0 saturated heterocycles. The van der Waals surface area contributed by atoms with Gasteiger partial charge in [0.1, 0.15) is 0 Å². The minimum atomic E-state index is 0.979. The summed E-state index contributed by atoms with van der Waals surface area (Å²) in [5.41, 5.74) is 12.2. The van der Waals surface area contributed by atoms with Crippen molar-refractivity contribution in [3.63, 3.8) is 0 Å². The Bertz CT molecular complexity index is 3170. The van der Waals surface area contributed by atoms with Crippen LogP contribution in [0, 0.1) is 0 Å². The maximum Gasteiger partial charge on any atom is 0.0788 e. The Labute approximate surface area is 324 Å². The quantitative estimate of drug-likeness (QED) is 0.132. The van der Waals surface area contributed by atoms with Gasteiger partial charge in [0.05, 0.1) is 11.2 Å². The van der Waals surface area contributed by atoms with Crippen molar-refractivity contribution < 1.29 is 0 Å². The fraction of sp³-hybridized carbons (Fsp3) is 0. The second-order valence-electron chi connectivity index (χ2n) is 14.4. The van der Waals surface area contributed by atoms with Gasteiger partial charge in [-0.2, -0.15) is 0 Å². The van der Waals surface area contributed by atoms with E-state index in [4.69, 9.17) is 4.98 Å². The van der Waals surface area contributed by atoms with E-state index in [0.717, 1.165) is 60.9 Å². The van der Waals surface area contributed by atoms with Crippen LogP contribution in [0.15, 0.2) is 201 Å². The highest BCUT2D eigenvalue weighted by Gasteiger charge is 2.20. The van der Waals surface area contributed by atoms with Gasteiger partial charge in [-0.3, -0.25) is 9.97 Å². The van der Waals surface area contributed by atoms with Crippen LogP contribution in [0.1, 0.15) is 0 Å². The fourth-order valence-corrected chi connectivity index (χ4v) is 8.67. The van der Waals surface area contributed by atoms with E-state index in [1.165, 1.54) is 48.8 Å². The standard InChI is InChI=1S/C53H33N3/c1-2-13-35(14-3-1)53-48-25-22-34-12-4-5-17-42(34)52(48)47-24-23-36(31-49(47)56-53)50-43-18-6-8-20-45(43)51(46-21-9-7-19-44(46)50)41-29-39(37-15-10-26-54-32-37)28-40(30-41)38-16-11-27-55-33-38/h1-33H. The van der Waals surface area contributed by atoms with Crippen molar-refractivity contribution >= 4 is 54.0 Å². The molecule has 0 aliphatic rings. The number of benzene rings is 8. The molecule has 0 radical (unpaired) electrons. The van der Waals surface area contributed by atoms with Gasteiger partial charge >= 0.3 is 0 Å². The topological polar surface area (TPSA) is 38.7 Å². The molecule has 0 aliphatic heterocycles. The maximum absolute atomic E-state index is 5.46. The Hall–Kier alpha value is -7.49. The molecule has 0 bridgehead atoms. The van der Waals surface area contributed by atoms with Crippen LogP contribution in [-0.2, 0) is 0 Å². The molecule has 260 valence electrons. The molecule has 0 fully saturated rings. The van der Waals surface area contributed by atoms with E-state index >= 15 is 0 Å². The predicted octanol–water partition coefficient (Wildman–Crippen LogP) is 14.0. The Morgan fingerprint density at radius 3 is 1.43 bits per heavy atom. The predicted molar refractivity (Wildman–Crippen MR) is 235 cm³/mol. The summed E-state index contributed by atoms with van der Waals surface area (Å²) in [6, 6.07) is 63.4. The first-order valence-electron chi connectivity index (χ1n) is 19.0. The van der Waals surface area contributed by atoms with Crippen molar-refractivity contribution in [2.24, 2.45) is 0 Å². The summed E-state index contributed by atoms with van der Waals surface area (Å²) in [6.07, 6.45) is 7.53. The summed E-state index contributed by atoms with van der Waals surface area (Å²) in [5.74, 6) is 0. The van der Waals surface area contributed by atoms with Crippen LogP contribution >= 0.6 is 0 Å². The molecule has 0 atom stereocenters. The van der Waals surface area contributed by atoms with Crippen molar-refractivity contribution in [1.82, 2.24) is 15.0 Å². The van der Waals surface area contributed by atoms with Gasteiger partial charge in [-0.25, -0.2) is 4.98 Å². The number of hydrogen-bond donors (Lipinski definition) is 0. The van der Waals surface area contributed by atoms with Crippen LogP contribution in [0.2, 0.25) is 0 Å². The molecule has 0 saturated carbocycles. The summed E-state index contributed by atoms with van der Waals surface area (Å²) >= 11 is 0. The first-order valence-corrected chi connectivity index (χ1v) is 19.0. The van der Waals surface area contributed by atoms with Gasteiger partial charge in [0.15, 0.2) is 0 Å². The molecule has 3 heteroatoms. The van der Waals surface area contributed by atoms with Gasteiger partial charge < -0.3 is 0 Å². The third-order valence-electron chi connectivity index (χ3n) is 11.2. The summed E-state index contributed by atoms with van der Waals surface area (Å²) in [4.78, 5) is 14.4. The molecule has 8 aromatic carbocycles. The lowest BCUT2D eigenvalue weighted by molar-refractivity contribution is 1.32. The number of pyridine rings is 3. The van der Waals surface area contributed by atoms with Crippen LogP contribution in [0.3, 0.4) is 0 Å². The zero-order valence-electron chi connectivity index (χ0n) is 30.4. The molecule has 11 rings (SSSR count). The maximum atomic E-state index is 5.46. The Balaban J connectivity index is 1.20. The molecule has 0 aliphatic carbocycles. The van der Waals surface area contributed by atoms with Gasteiger partial charge in [-0.1, -0.05) is 140 Å². The lowest BCUT2D eigenvalue weighted by Gasteiger charge is -2.19. The highest BCUT2D eigenvalue weighted by molar-refractivity contribution is 6.25. The summed E-state index contributed by atoms with van der Waals surface area (Å²) in [7, 11) is 0. The van der Waals surface area contributed by atoms with E-state index < -0.39 is 0 Å². The molecule has 3 nitrogen and oxygen atoms in total. The second kappa shape index (κ2) is 13.1. The van der Waals surface area contributed by atoms with E-state index in [1.807, 2.05) is 36.9 Å². The lowest BCUT2D eigenvalue weighted by atomic mass is 9.84. The third kappa shape index (κ3) is 5.25. The lowest BCUT2D eigenvalue weighted by Crippen LogP contribution is -1.94. The smallest absolute Gasteiger partial charge is 0.0788 e. The Morgan fingerprint density at radius 1 is 0.304 bits per heavy atom. The van der Waals surface area contributed by atoms with E-state index in [9.17, 15) is 0 Å². The highest BCUT2D eigenvalue weighted by atomic mass is 14.7. The fourth-order valence-electron chi connectivity index (χ4n) is 8.67. The molecular weight excluding hydrogens is 679 g/mol. The minimum Gasteiger partial charge on any atom is -0.264 e. The average Bonchev–Trinajstić information content (AvgIpc) is 3.28.